The zero-order chi connectivity index (χ0) is 18.0. The first-order valence-electron chi connectivity index (χ1n) is 8.17. The molecule has 132 valence electrons. The number of hydrogen-bond donors (Lipinski definition) is 1. The number of carbonyl (C=O) groups is 1. The number of rotatable bonds is 6. The highest BCUT2D eigenvalue weighted by Gasteiger charge is 2.16. The van der Waals surface area contributed by atoms with Crippen molar-refractivity contribution >= 4 is 45.5 Å². The third-order valence-corrected chi connectivity index (χ3v) is 4.98. The predicted octanol–water partition coefficient (Wildman–Crippen LogP) is 4.97. The van der Waals surface area contributed by atoms with Crippen molar-refractivity contribution < 1.29 is 9.53 Å². The number of halogens is 1. The first kappa shape index (κ1) is 17.8. The number of hydrogen-bond acceptors (Lipinski definition) is 5. The van der Waals surface area contributed by atoms with Crippen LogP contribution in [0.4, 0.5) is 5.69 Å². The van der Waals surface area contributed by atoms with E-state index in [2.05, 4.69) is 19.2 Å². The fourth-order valence-corrected chi connectivity index (χ4v) is 3.70. The molecule has 25 heavy (non-hydrogen) atoms. The summed E-state index contributed by atoms with van der Waals surface area (Å²) in [6, 6.07) is 10.1. The highest BCUT2D eigenvalue weighted by Crippen LogP contribution is 2.36. The van der Waals surface area contributed by atoms with Crippen LogP contribution < -0.4 is 5.32 Å². The van der Waals surface area contributed by atoms with Gasteiger partial charge in [0.05, 0.1) is 21.3 Å². The molecule has 0 aliphatic rings. The Kier molecular flexibility index (Phi) is 5.30. The SMILES string of the molecule is CCOC(=O)CNc1ccc2c(c1)c(-c1ccc(Cl)s1)nn2C(C)C. The van der Waals surface area contributed by atoms with Crippen LogP contribution in [0, 0.1) is 0 Å². The van der Waals surface area contributed by atoms with Gasteiger partial charge in [-0.2, -0.15) is 5.10 Å². The maximum absolute atomic E-state index is 11.6. The van der Waals surface area contributed by atoms with Gasteiger partial charge >= 0.3 is 5.97 Å². The summed E-state index contributed by atoms with van der Waals surface area (Å²) in [6.45, 7) is 6.51. The number of benzene rings is 1. The Labute approximate surface area is 155 Å². The first-order chi connectivity index (χ1) is 12.0. The minimum atomic E-state index is -0.272. The Balaban J connectivity index is 2.00. The highest BCUT2D eigenvalue weighted by atomic mass is 35.5. The number of carbonyl (C=O) groups excluding carboxylic acids is 1. The zero-order valence-corrected chi connectivity index (χ0v) is 15.9. The van der Waals surface area contributed by atoms with Crippen molar-refractivity contribution in [2.24, 2.45) is 0 Å². The van der Waals surface area contributed by atoms with E-state index in [1.807, 2.05) is 35.0 Å². The van der Waals surface area contributed by atoms with Gasteiger partial charge in [-0.15, -0.1) is 11.3 Å². The molecule has 0 unspecified atom stereocenters. The van der Waals surface area contributed by atoms with Crippen molar-refractivity contribution in [3.8, 4) is 10.6 Å². The number of esters is 1. The lowest BCUT2D eigenvalue weighted by Crippen LogP contribution is -2.16. The van der Waals surface area contributed by atoms with Crippen LogP contribution in [0.1, 0.15) is 26.8 Å². The van der Waals surface area contributed by atoms with Crippen LogP contribution in [0.5, 0.6) is 0 Å². The van der Waals surface area contributed by atoms with E-state index in [9.17, 15) is 4.79 Å². The maximum Gasteiger partial charge on any atom is 0.325 e. The van der Waals surface area contributed by atoms with Crippen molar-refractivity contribution in [1.82, 2.24) is 9.78 Å². The summed E-state index contributed by atoms with van der Waals surface area (Å²) in [7, 11) is 0. The quantitative estimate of drug-likeness (QED) is 0.616. The van der Waals surface area contributed by atoms with E-state index < -0.39 is 0 Å². The van der Waals surface area contributed by atoms with E-state index in [1.165, 1.54) is 11.3 Å². The van der Waals surface area contributed by atoms with Crippen molar-refractivity contribution in [2.45, 2.75) is 26.8 Å². The molecule has 0 radical (unpaired) electrons. The smallest absolute Gasteiger partial charge is 0.325 e. The molecule has 0 atom stereocenters. The third kappa shape index (κ3) is 3.80. The van der Waals surface area contributed by atoms with Crippen molar-refractivity contribution in [3.05, 3.63) is 34.7 Å². The molecule has 0 spiro atoms. The highest BCUT2D eigenvalue weighted by molar-refractivity contribution is 7.19. The number of ether oxygens (including phenoxy) is 1. The van der Waals surface area contributed by atoms with Crippen LogP contribution in [-0.2, 0) is 9.53 Å². The molecule has 0 aliphatic carbocycles. The van der Waals surface area contributed by atoms with Crippen LogP contribution >= 0.6 is 22.9 Å². The molecule has 2 heterocycles. The van der Waals surface area contributed by atoms with Crippen LogP contribution in [0.3, 0.4) is 0 Å². The lowest BCUT2D eigenvalue weighted by Gasteiger charge is -2.08. The summed E-state index contributed by atoms with van der Waals surface area (Å²) < 4.78 is 7.69. The van der Waals surface area contributed by atoms with Gasteiger partial charge in [0, 0.05) is 17.1 Å². The Bertz CT molecular complexity index is 901. The average molecular weight is 378 g/mol. The molecule has 5 nitrogen and oxygen atoms in total. The maximum atomic E-state index is 11.6. The predicted molar refractivity (Wildman–Crippen MR) is 104 cm³/mol. The number of aromatic nitrogens is 2. The summed E-state index contributed by atoms with van der Waals surface area (Å²) in [5, 5.41) is 8.93. The van der Waals surface area contributed by atoms with E-state index in [4.69, 9.17) is 21.4 Å². The molecule has 7 heteroatoms. The van der Waals surface area contributed by atoms with Gasteiger partial charge in [-0.05, 0) is 51.1 Å². The number of nitrogens with one attached hydrogen (secondary N) is 1. The van der Waals surface area contributed by atoms with E-state index in [1.54, 1.807) is 6.92 Å². The summed E-state index contributed by atoms with van der Waals surface area (Å²) >= 11 is 7.60. The Morgan fingerprint density at radius 3 is 2.80 bits per heavy atom. The molecule has 1 N–H and O–H groups in total. The van der Waals surface area contributed by atoms with Crippen molar-refractivity contribution in [2.75, 3.05) is 18.5 Å². The second kappa shape index (κ2) is 7.45. The molecule has 2 aromatic heterocycles. The van der Waals surface area contributed by atoms with Crippen LogP contribution in [0.2, 0.25) is 4.34 Å². The Hall–Kier alpha value is -2.05. The number of nitrogens with zero attached hydrogens (tertiary/aromatic N) is 2. The van der Waals surface area contributed by atoms with E-state index in [0.717, 1.165) is 31.5 Å². The second-order valence-electron chi connectivity index (χ2n) is 5.88. The van der Waals surface area contributed by atoms with Gasteiger partial charge in [0.25, 0.3) is 0 Å². The Morgan fingerprint density at radius 1 is 1.36 bits per heavy atom. The average Bonchev–Trinajstić information content (AvgIpc) is 3.16. The summed E-state index contributed by atoms with van der Waals surface area (Å²) in [5.74, 6) is -0.272. The van der Waals surface area contributed by atoms with Crippen LogP contribution in [0.25, 0.3) is 21.5 Å². The summed E-state index contributed by atoms with van der Waals surface area (Å²) in [5.41, 5.74) is 2.81. The Morgan fingerprint density at radius 2 is 2.16 bits per heavy atom. The molecule has 0 aliphatic heterocycles. The number of thiophene rings is 1. The van der Waals surface area contributed by atoms with E-state index >= 15 is 0 Å². The van der Waals surface area contributed by atoms with Crippen molar-refractivity contribution in [1.29, 1.82) is 0 Å². The summed E-state index contributed by atoms with van der Waals surface area (Å²) in [6.07, 6.45) is 0. The molecule has 0 bridgehead atoms. The molecule has 1 aromatic carbocycles. The van der Waals surface area contributed by atoms with Gasteiger partial charge < -0.3 is 10.1 Å². The standard InChI is InChI=1S/C18H20ClN3O2S/c1-4-24-17(23)10-20-12-5-6-14-13(9-12)18(21-22(14)11(2)3)15-7-8-16(19)25-15/h5-9,11,20H,4,10H2,1-3H3. The normalized spacial score (nSPS) is 11.2. The van der Waals surface area contributed by atoms with Gasteiger partial charge in [-0.25, -0.2) is 0 Å². The summed E-state index contributed by atoms with van der Waals surface area (Å²) in [4.78, 5) is 12.6. The fourth-order valence-electron chi connectivity index (χ4n) is 2.65. The molecule has 0 fully saturated rings. The van der Waals surface area contributed by atoms with Gasteiger partial charge in [-0.1, -0.05) is 11.6 Å². The van der Waals surface area contributed by atoms with Crippen LogP contribution in [-0.4, -0.2) is 28.9 Å². The van der Waals surface area contributed by atoms with Gasteiger partial charge in [0.2, 0.25) is 0 Å². The van der Waals surface area contributed by atoms with E-state index in [-0.39, 0.29) is 18.6 Å². The number of fused-ring (bicyclic) bond motifs is 1. The molecule has 3 aromatic rings. The lowest BCUT2D eigenvalue weighted by molar-refractivity contribution is -0.140. The second-order valence-corrected chi connectivity index (χ2v) is 7.60. The molecule has 0 saturated heterocycles. The fraction of sp³-hybridized carbons (Fsp3) is 0.333. The topological polar surface area (TPSA) is 56.1 Å². The zero-order valence-electron chi connectivity index (χ0n) is 14.4. The molecular weight excluding hydrogens is 358 g/mol. The van der Waals surface area contributed by atoms with Gasteiger partial charge in [0.15, 0.2) is 0 Å². The molecule has 3 rings (SSSR count). The lowest BCUT2D eigenvalue weighted by atomic mass is 10.1. The first-order valence-corrected chi connectivity index (χ1v) is 9.36. The minimum absolute atomic E-state index is 0.137. The van der Waals surface area contributed by atoms with Gasteiger partial charge in [0.1, 0.15) is 12.2 Å². The van der Waals surface area contributed by atoms with E-state index in [0.29, 0.717) is 6.61 Å². The molecule has 0 amide bonds. The van der Waals surface area contributed by atoms with Gasteiger partial charge in [-0.3, -0.25) is 9.48 Å². The minimum Gasteiger partial charge on any atom is -0.465 e. The molecule has 0 saturated carbocycles. The van der Waals surface area contributed by atoms with Crippen molar-refractivity contribution in [3.63, 3.8) is 0 Å². The molecular formula is C18H20ClN3O2S. The monoisotopic (exact) mass is 377 g/mol. The largest absolute Gasteiger partial charge is 0.465 e. The third-order valence-electron chi connectivity index (χ3n) is 3.74. The number of anilines is 1. The van der Waals surface area contributed by atoms with Crippen LogP contribution in [0.15, 0.2) is 30.3 Å².